The van der Waals surface area contributed by atoms with Crippen LogP contribution in [0.15, 0.2) is 27.3 Å². The first kappa shape index (κ1) is 17.5. The van der Waals surface area contributed by atoms with E-state index in [4.69, 9.17) is 4.52 Å². The number of aromatic nitrogens is 2. The minimum atomic E-state index is 0.243. The number of pyridine rings is 1. The van der Waals surface area contributed by atoms with Gasteiger partial charge in [-0.1, -0.05) is 5.16 Å². The van der Waals surface area contributed by atoms with E-state index in [0.717, 1.165) is 53.5 Å². The highest BCUT2D eigenvalue weighted by Gasteiger charge is 2.41. The zero-order valence-electron chi connectivity index (χ0n) is 15.1. The van der Waals surface area contributed by atoms with Gasteiger partial charge in [-0.05, 0) is 48.3 Å². The predicted octanol–water partition coefficient (Wildman–Crippen LogP) is 2.98. The lowest BCUT2D eigenvalue weighted by molar-refractivity contribution is -0.130. The Bertz CT molecular complexity index is 771. The van der Waals surface area contributed by atoms with Crippen LogP contribution in [0, 0.1) is 25.7 Å². The van der Waals surface area contributed by atoms with Gasteiger partial charge in [0.25, 0.3) is 0 Å². The molecular formula is C19H23BrN4O2. The Morgan fingerprint density at radius 1 is 1.23 bits per heavy atom. The second kappa shape index (κ2) is 7.02. The summed E-state index contributed by atoms with van der Waals surface area (Å²) < 4.78 is 6.18. The molecule has 0 bridgehead atoms. The van der Waals surface area contributed by atoms with E-state index >= 15 is 0 Å². The van der Waals surface area contributed by atoms with Crippen molar-refractivity contribution in [1.29, 1.82) is 0 Å². The maximum Gasteiger partial charge on any atom is 0.222 e. The summed E-state index contributed by atoms with van der Waals surface area (Å²) in [7, 11) is 0. The number of fused-ring (bicyclic) bond motifs is 1. The number of rotatable bonds is 4. The summed E-state index contributed by atoms with van der Waals surface area (Å²) in [6.07, 6.45) is 3.08. The number of likely N-dealkylation sites (tertiary alicyclic amines) is 1. The molecule has 0 N–H and O–H groups in total. The quantitative estimate of drug-likeness (QED) is 0.763. The maximum absolute atomic E-state index is 12.6. The van der Waals surface area contributed by atoms with Gasteiger partial charge >= 0.3 is 0 Å². The number of halogens is 1. The van der Waals surface area contributed by atoms with Crippen molar-refractivity contribution in [1.82, 2.24) is 15.0 Å². The van der Waals surface area contributed by atoms with Crippen LogP contribution in [0.3, 0.4) is 0 Å². The lowest BCUT2D eigenvalue weighted by Gasteiger charge is -2.22. The number of amides is 1. The highest BCUT2D eigenvalue weighted by molar-refractivity contribution is 9.10. The number of nitrogens with zero attached hydrogens (tertiary/aromatic N) is 4. The number of hydrogen-bond donors (Lipinski definition) is 0. The van der Waals surface area contributed by atoms with E-state index in [1.807, 2.05) is 31.0 Å². The average Bonchev–Trinajstić information content (AvgIpc) is 3.27. The van der Waals surface area contributed by atoms with Crippen molar-refractivity contribution in [3.05, 3.63) is 39.8 Å². The van der Waals surface area contributed by atoms with Crippen LogP contribution in [0.5, 0.6) is 0 Å². The first-order valence-electron chi connectivity index (χ1n) is 9.07. The second-order valence-corrected chi connectivity index (χ2v) is 8.28. The van der Waals surface area contributed by atoms with Gasteiger partial charge in [0.1, 0.15) is 11.6 Å². The van der Waals surface area contributed by atoms with Crippen LogP contribution in [0.1, 0.15) is 23.4 Å². The van der Waals surface area contributed by atoms with Crippen molar-refractivity contribution in [2.24, 2.45) is 11.8 Å². The van der Waals surface area contributed by atoms with E-state index in [9.17, 15) is 4.79 Å². The molecule has 0 saturated carbocycles. The van der Waals surface area contributed by atoms with E-state index in [1.54, 1.807) is 0 Å². The third kappa shape index (κ3) is 3.37. The third-order valence-electron chi connectivity index (χ3n) is 5.64. The van der Waals surface area contributed by atoms with E-state index in [0.29, 0.717) is 24.7 Å². The van der Waals surface area contributed by atoms with Crippen molar-refractivity contribution in [2.75, 3.05) is 31.1 Å². The van der Waals surface area contributed by atoms with Crippen LogP contribution in [0.4, 0.5) is 5.82 Å². The van der Waals surface area contributed by atoms with Gasteiger partial charge in [0, 0.05) is 60.7 Å². The Hall–Kier alpha value is -1.89. The molecule has 0 spiro atoms. The third-order valence-corrected chi connectivity index (χ3v) is 6.11. The lowest BCUT2D eigenvalue weighted by atomic mass is 10.0. The summed E-state index contributed by atoms with van der Waals surface area (Å²) in [6.45, 7) is 7.52. The molecule has 2 saturated heterocycles. The lowest BCUT2D eigenvalue weighted by Crippen LogP contribution is -2.33. The molecule has 2 aliphatic heterocycles. The van der Waals surface area contributed by atoms with Crippen LogP contribution >= 0.6 is 15.9 Å². The molecule has 2 fully saturated rings. The van der Waals surface area contributed by atoms with Gasteiger partial charge in [0.15, 0.2) is 0 Å². The highest BCUT2D eigenvalue weighted by Crippen LogP contribution is 2.34. The van der Waals surface area contributed by atoms with Gasteiger partial charge in [0.2, 0.25) is 5.91 Å². The number of aryl methyl sites for hydroxylation is 2. The molecular weight excluding hydrogens is 396 g/mol. The monoisotopic (exact) mass is 418 g/mol. The average molecular weight is 419 g/mol. The van der Waals surface area contributed by atoms with E-state index < -0.39 is 0 Å². The summed E-state index contributed by atoms with van der Waals surface area (Å²) in [6, 6.07) is 4.08. The van der Waals surface area contributed by atoms with Gasteiger partial charge in [-0.15, -0.1) is 0 Å². The number of anilines is 1. The molecule has 1 amide bonds. The topological polar surface area (TPSA) is 62.5 Å². The zero-order valence-corrected chi connectivity index (χ0v) is 16.7. The van der Waals surface area contributed by atoms with Crippen LogP contribution in [-0.4, -0.2) is 47.1 Å². The molecule has 0 radical (unpaired) electrons. The van der Waals surface area contributed by atoms with Crippen LogP contribution in [0.25, 0.3) is 0 Å². The molecule has 0 aliphatic carbocycles. The van der Waals surface area contributed by atoms with E-state index in [1.165, 1.54) is 0 Å². The van der Waals surface area contributed by atoms with Gasteiger partial charge < -0.3 is 14.3 Å². The van der Waals surface area contributed by atoms with E-state index in [-0.39, 0.29) is 5.91 Å². The minimum absolute atomic E-state index is 0.243. The molecule has 4 rings (SSSR count). The summed E-state index contributed by atoms with van der Waals surface area (Å²) in [5, 5.41) is 3.97. The summed E-state index contributed by atoms with van der Waals surface area (Å²) in [5.41, 5.74) is 1.97. The Balaban J connectivity index is 1.31. The largest absolute Gasteiger partial charge is 0.361 e. The minimum Gasteiger partial charge on any atom is -0.361 e. The molecule has 138 valence electrons. The fraction of sp³-hybridized carbons (Fsp3) is 0.526. The van der Waals surface area contributed by atoms with Gasteiger partial charge in [-0.25, -0.2) is 4.98 Å². The van der Waals surface area contributed by atoms with Crippen molar-refractivity contribution in [2.45, 2.75) is 26.7 Å². The molecule has 7 heteroatoms. The summed E-state index contributed by atoms with van der Waals surface area (Å²) in [5.74, 6) is 3.18. The molecule has 26 heavy (non-hydrogen) atoms. The predicted molar refractivity (Wildman–Crippen MR) is 102 cm³/mol. The molecule has 2 unspecified atom stereocenters. The number of carbonyl (C=O) groups excluding carboxylic acids is 1. The molecule has 2 aromatic heterocycles. The summed E-state index contributed by atoms with van der Waals surface area (Å²) in [4.78, 5) is 21.5. The van der Waals surface area contributed by atoms with Crippen LogP contribution < -0.4 is 4.90 Å². The smallest absolute Gasteiger partial charge is 0.222 e. The number of carbonyl (C=O) groups is 1. The SMILES string of the molecule is Cc1noc(C)c1CCC(=O)N1CC2CN(c3ccc(Br)cn3)CC2C1. The second-order valence-electron chi connectivity index (χ2n) is 7.36. The van der Waals surface area contributed by atoms with Crippen molar-refractivity contribution in [3.8, 4) is 0 Å². The first-order valence-corrected chi connectivity index (χ1v) is 9.86. The molecule has 2 aromatic rings. The molecule has 6 nitrogen and oxygen atoms in total. The normalized spacial score (nSPS) is 22.1. The Kier molecular flexibility index (Phi) is 4.73. The van der Waals surface area contributed by atoms with Crippen molar-refractivity contribution in [3.63, 3.8) is 0 Å². The highest BCUT2D eigenvalue weighted by atomic mass is 79.9. The fourth-order valence-corrected chi connectivity index (χ4v) is 4.42. The van der Waals surface area contributed by atoms with Gasteiger partial charge in [-0.2, -0.15) is 0 Å². The van der Waals surface area contributed by atoms with E-state index in [2.05, 4.69) is 37.0 Å². The Morgan fingerprint density at radius 3 is 2.54 bits per heavy atom. The molecule has 4 heterocycles. The maximum atomic E-state index is 12.6. The van der Waals surface area contributed by atoms with Crippen molar-refractivity contribution >= 4 is 27.7 Å². The Morgan fingerprint density at radius 2 is 1.96 bits per heavy atom. The van der Waals surface area contributed by atoms with Crippen LogP contribution in [-0.2, 0) is 11.2 Å². The number of hydrogen-bond acceptors (Lipinski definition) is 5. The zero-order chi connectivity index (χ0) is 18.3. The Labute approximate surface area is 161 Å². The molecule has 0 aromatic carbocycles. The van der Waals surface area contributed by atoms with Crippen LogP contribution in [0.2, 0.25) is 0 Å². The van der Waals surface area contributed by atoms with Gasteiger partial charge in [0.05, 0.1) is 5.69 Å². The standard InChI is InChI=1S/C19H23BrN4O2/c1-12-17(13(2)26-22-12)4-6-19(25)24-10-14-8-23(9-15(14)11-24)18-5-3-16(20)7-21-18/h3,5,7,14-15H,4,6,8-11H2,1-2H3. The fourth-order valence-electron chi connectivity index (χ4n) is 4.19. The molecule has 2 aliphatic rings. The summed E-state index contributed by atoms with van der Waals surface area (Å²) >= 11 is 3.43. The first-order chi connectivity index (χ1) is 12.5. The van der Waals surface area contributed by atoms with Gasteiger partial charge in [-0.3, -0.25) is 4.79 Å². The van der Waals surface area contributed by atoms with Crippen molar-refractivity contribution < 1.29 is 9.32 Å². The molecule has 2 atom stereocenters.